The van der Waals surface area contributed by atoms with E-state index in [2.05, 4.69) is 15.8 Å². The molecule has 154 valence electrons. The summed E-state index contributed by atoms with van der Waals surface area (Å²) >= 11 is 1.58. The first-order valence-corrected chi connectivity index (χ1v) is 11.1. The number of allylic oxidation sites excluding steroid dienone is 1. The van der Waals surface area contributed by atoms with E-state index in [-0.39, 0.29) is 0 Å². The predicted molar refractivity (Wildman–Crippen MR) is 116 cm³/mol. The summed E-state index contributed by atoms with van der Waals surface area (Å²) in [6.45, 7) is 3.82. The Balaban J connectivity index is 1.72. The highest BCUT2D eigenvalue weighted by Gasteiger charge is 2.43. The number of carbonyl (C=O) groups is 2. The summed E-state index contributed by atoms with van der Waals surface area (Å²) in [7, 11) is 0. The zero-order valence-electron chi connectivity index (χ0n) is 17.0. The van der Waals surface area contributed by atoms with Gasteiger partial charge in [0.1, 0.15) is 11.3 Å². The second-order valence-corrected chi connectivity index (χ2v) is 8.37. The molecule has 0 spiro atoms. The van der Waals surface area contributed by atoms with Crippen molar-refractivity contribution in [3.8, 4) is 0 Å². The van der Waals surface area contributed by atoms with Crippen LogP contribution in [0.5, 0.6) is 0 Å². The minimum atomic E-state index is -0.923. The van der Waals surface area contributed by atoms with Crippen molar-refractivity contribution in [2.75, 3.05) is 5.48 Å². The molecule has 6 heteroatoms. The van der Waals surface area contributed by atoms with Crippen molar-refractivity contribution in [3.05, 3.63) is 52.5 Å². The third-order valence-corrected chi connectivity index (χ3v) is 6.83. The molecule has 3 rings (SSSR count). The Morgan fingerprint density at radius 2 is 2.03 bits per heavy atom. The van der Waals surface area contributed by atoms with Crippen LogP contribution in [0.1, 0.15) is 62.6 Å². The van der Waals surface area contributed by atoms with Crippen LogP contribution in [0.15, 0.2) is 41.8 Å². The summed E-state index contributed by atoms with van der Waals surface area (Å²) in [5, 5.41) is 2.97. The SMILES string of the molecule is CCC(CC)(C(=O)ONc1ccccc1)C(C=O)C=Cc1nc(C2CCC2)cs1. The van der Waals surface area contributed by atoms with Gasteiger partial charge in [-0.3, -0.25) is 0 Å². The maximum atomic E-state index is 13.0. The minimum Gasteiger partial charge on any atom is -0.343 e. The van der Waals surface area contributed by atoms with E-state index in [0.717, 1.165) is 17.0 Å². The molecule has 2 aromatic rings. The van der Waals surface area contributed by atoms with Crippen molar-refractivity contribution < 1.29 is 14.4 Å². The lowest BCUT2D eigenvalue weighted by atomic mass is 9.71. The number of aldehydes is 1. The first-order chi connectivity index (χ1) is 14.1. The fourth-order valence-corrected chi connectivity index (χ4v) is 4.48. The molecule has 1 aliphatic rings. The van der Waals surface area contributed by atoms with E-state index < -0.39 is 17.3 Å². The standard InChI is InChI=1S/C23H28N2O3S/c1-3-23(4-2,22(27)28-25-19-11-6-5-7-12-19)18(15-26)13-14-21-24-20(16-29-21)17-9-8-10-17/h5-7,11-18,25H,3-4,8-10H2,1-2H3. The van der Waals surface area contributed by atoms with Gasteiger partial charge in [-0.15, -0.1) is 11.3 Å². The van der Waals surface area contributed by atoms with Gasteiger partial charge in [0.2, 0.25) is 0 Å². The number of para-hydroxylation sites is 1. The molecule has 1 aromatic carbocycles. The molecular weight excluding hydrogens is 384 g/mol. The molecule has 0 radical (unpaired) electrons. The van der Waals surface area contributed by atoms with Crippen LogP contribution in [-0.2, 0) is 14.4 Å². The minimum absolute atomic E-state index is 0.428. The smallest absolute Gasteiger partial charge is 0.339 e. The Morgan fingerprint density at radius 1 is 1.31 bits per heavy atom. The Labute approximate surface area is 176 Å². The van der Waals surface area contributed by atoms with Gasteiger partial charge in [0, 0.05) is 17.2 Å². The number of hydrogen-bond donors (Lipinski definition) is 1. The molecule has 1 unspecified atom stereocenters. The van der Waals surface area contributed by atoms with Gasteiger partial charge in [0.25, 0.3) is 0 Å². The lowest BCUT2D eigenvalue weighted by Gasteiger charge is -2.32. The third kappa shape index (κ3) is 4.75. The molecule has 1 aliphatic carbocycles. The molecule has 5 nitrogen and oxygen atoms in total. The number of rotatable bonds is 10. The van der Waals surface area contributed by atoms with Crippen molar-refractivity contribution in [2.45, 2.75) is 51.9 Å². The monoisotopic (exact) mass is 412 g/mol. The zero-order chi connectivity index (χ0) is 20.7. The van der Waals surface area contributed by atoms with Gasteiger partial charge in [-0.25, -0.2) is 15.3 Å². The van der Waals surface area contributed by atoms with Crippen LogP contribution in [0.4, 0.5) is 5.69 Å². The number of thiazole rings is 1. The largest absolute Gasteiger partial charge is 0.343 e. The van der Waals surface area contributed by atoms with Crippen molar-refractivity contribution >= 4 is 35.4 Å². The fourth-order valence-electron chi connectivity index (χ4n) is 3.67. The number of benzene rings is 1. The second-order valence-electron chi connectivity index (χ2n) is 7.48. The third-order valence-electron chi connectivity index (χ3n) is 6.00. The zero-order valence-corrected chi connectivity index (χ0v) is 17.8. The van der Waals surface area contributed by atoms with Gasteiger partial charge in [-0.05, 0) is 43.9 Å². The Morgan fingerprint density at radius 3 is 2.62 bits per heavy atom. The molecule has 1 N–H and O–H groups in total. The van der Waals surface area contributed by atoms with Gasteiger partial charge in [-0.2, -0.15) is 0 Å². The van der Waals surface area contributed by atoms with E-state index in [1.807, 2.05) is 50.3 Å². The lowest BCUT2D eigenvalue weighted by molar-refractivity contribution is -0.157. The van der Waals surface area contributed by atoms with Crippen molar-refractivity contribution in [1.29, 1.82) is 0 Å². The van der Waals surface area contributed by atoms with E-state index in [9.17, 15) is 9.59 Å². The molecule has 1 saturated carbocycles. The predicted octanol–water partition coefficient (Wildman–Crippen LogP) is 5.62. The summed E-state index contributed by atoms with van der Waals surface area (Å²) in [4.78, 5) is 35.0. The average molecular weight is 413 g/mol. The quantitative estimate of drug-likeness (QED) is 0.405. The van der Waals surface area contributed by atoms with Crippen LogP contribution in [0, 0.1) is 11.3 Å². The molecule has 1 fully saturated rings. The van der Waals surface area contributed by atoms with Crippen LogP contribution in [0.25, 0.3) is 6.08 Å². The molecule has 1 heterocycles. The lowest BCUT2D eigenvalue weighted by Crippen LogP contribution is -2.40. The van der Waals surface area contributed by atoms with E-state index in [4.69, 9.17) is 4.84 Å². The summed E-state index contributed by atoms with van der Waals surface area (Å²) < 4.78 is 0. The fraction of sp³-hybridized carbons (Fsp3) is 0.435. The first kappa shape index (κ1) is 21.2. The summed E-state index contributed by atoms with van der Waals surface area (Å²) in [5.41, 5.74) is 3.61. The average Bonchev–Trinajstić information content (AvgIpc) is 3.17. The number of nitrogens with zero attached hydrogens (tertiary/aromatic N) is 1. The van der Waals surface area contributed by atoms with Gasteiger partial charge >= 0.3 is 5.97 Å². The van der Waals surface area contributed by atoms with Crippen LogP contribution in [-0.4, -0.2) is 17.2 Å². The maximum absolute atomic E-state index is 13.0. The van der Waals surface area contributed by atoms with E-state index in [1.54, 1.807) is 17.4 Å². The maximum Gasteiger partial charge on any atom is 0.339 e. The van der Waals surface area contributed by atoms with Gasteiger partial charge in [0.15, 0.2) is 0 Å². The van der Waals surface area contributed by atoms with Gasteiger partial charge < -0.3 is 9.63 Å². The molecular formula is C23H28N2O3S. The van der Waals surface area contributed by atoms with Gasteiger partial charge in [0.05, 0.1) is 16.8 Å². The van der Waals surface area contributed by atoms with Crippen LogP contribution >= 0.6 is 11.3 Å². The van der Waals surface area contributed by atoms with Crippen LogP contribution < -0.4 is 5.48 Å². The Bertz CT molecular complexity index is 839. The number of carbonyl (C=O) groups excluding carboxylic acids is 2. The highest BCUT2D eigenvalue weighted by atomic mass is 32.1. The summed E-state index contributed by atoms with van der Waals surface area (Å²) in [6, 6.07) is 9.22. The van der Waals surface area contributed by atoms with Crippen molar-refractivity contribution in [1.82, 2.24) is 4.98 Å². The number of anilines is 1. The molecule has 1 atom stereocenters. The van der Waals surface area contributed by atoms with Crippen LogP contribution in [0.3, 0.4) is 0 Å². The Kier molecular flexibility index (Phi) is 7.20. The number of hydrogen-bond acceptors (Lipinski definition) is 6. The highest BCUT2D eigenvalue weighted by Crippen LogP contribution is 2.39. The van der Waals surface area contributed by atoms with Gasteiger partial charge in [-0.1, -0.05) is 44.5 Å². The number of aromatic nitrogens is 1. The van der Waals surface area contributed by atoms with Crippen molar-refractivity contribution in [2.24, 2.45) is 11.3 Å². The van der Waals surface area contributed by atoms with Crippen molar-refractivity contribution in [3.63, 3.8) is 0 Å². The highest BCUT2D eigenvalue weighted by molar-refractivity contribution is 7.10. The molecule has 0 bridgehead atoms. The first-order valence-electron chi connectivity index (χ1n) is 10.2. The summed E-state index contributed by atoms with van der Waals surface area (Å²) in [6.07, 6.45) is 9.19. The number of nitrogens with one attached hydrogen (secondary N) is 1. The molecule has 0 aliphatic heterocycles. The van der Waals surface area contributed by atoms with E-state index in [1.165, 1.54) is 19.3 Å². The van der Waals surface area contributed by atoms with Crippen LogP contribution in [0.2, 0.25) is 0 Å². The normalized spacial score (nSPS) is 15.7. The summed E-state index contributed by atoms with van der Waals surface area (Å²) in [5.74, 6) is -0.430. The molecule has 0 saturated heterocycles. The topological polar surface area (TPSA) is 68.3 Å². The molecule has 1 aromatic heterocycles. The molecule has 0 amide bonds. The van der Waals surface area contributed by atoms with E-state index >= 15 is 0 Å². The van der Waals surface area contributed by atoms with E-state index in [0.29, 0.717) is 24.4 Å². The molecule has 29 heavy (non-hydrogen) atoms. The second kappa shape index (κ2) is 9.83. The Hall–Kier alpha value is -2.47.